The molecule has 9 nitrogen and oxygen atoms in total. The van der Waals surface area contributed by atoms with Gasteiger partial charge in [0.15, 0.2) is 11.5 Å². The van der Waals surface area contributed by atoms with Gasteiger partial charge in [-0.15, -0.1) is 0 Å². The maximum Gasteiger partial charge on any atom is 0.243 e. The van der Waals surface area contributed by atoms with Crippen LogP contribution in [0.1, 0.15) is 45.6 Å². The summed E-state index contributed by atoms with van der Waals surface area (Å²) in [4.78, 5) is 12.8. The van der Waals surface area contributed by atoms with Crippen LogP contribution in [-0.2, 0) is 22.0 Å². The molecule has 0 spiro atoms. The van der Waals surface area contributed by atoms with Gasteiger partial charge in [-0.25, -0.2) is 13.4 Å². The maximum atomic E-state index is 13.4. The van der Waals surface area contributed by atoms with Crippen LogP contribution in [0.4, 0.5) is 11.8 Å². The minimum absolute atomic E-state index is 0.00645. The summed E-state index contributed by atoms with van der Waals surface area (Å²) in [7, 11) is -3.61. The van der Waals surface area contributed by atoms with E-state index in [0.717, 1.165) is 24.8 Å². The minimum Gasteiger partial charge on any atom is -0.382 e. The second kappa shape index (κ2) is 7.76. The molecule has 0 unspecified atom stereocenters. The van der Waals surface area contributed by atoms with Gasteiger partial charge in [-0.05, 0) is 42.4 Å². The number of hydrogen-bond acceptors (Lipinski definition) is 7. The molecule has 0 bridgehead atoms. The number of sulfonamides is 1. The van der Waals surface area contributed by atoms with Gasteiger partial charge in [-0.1, -0.05) is 32.9 Å². The van der Waals surface area contributed by atoms with Gasteiger partial charge in [0.25, 0.3) is 0 Å². The van der Waals surface area contributed by atoms with Gasteiger partial charge >= 0.3 is 0 Å². The standard InChI is InChI=1S/C21H29N7O2S/c1-4-21(2,3)14-7-9-16(10-8-14)31(29,30)28-11-5-6-15(28)12-27-13-24-17-18(22)25-20(23)26-19(17)27/h7-10,13,15H,4-6,11-12H2,1-3H3,(H4,22,23,25,26)/t15-/m0/s1. The van der Waals surface area contributed by atoms with E-state index in [2.05, 4.69) is 35.7 Å². The molecule has 1 aliphatic rings. The van der Waals surface area contributed by atoms with Crippen molar-refractivity contribution in [1.29, 1.82) is 0 Å². The fourth-order valence-corrected chi connectivity index (χ4v) is 5.75. The predicted molar refractivity (Wildman–Crippen MR) is 121 cm³/mol. The second-order valence-corrected chi connectivity index (χ2v) is 10.6. The molecule has 0 saturated carbocycles. The molecular formula is C21H29N7O2S. The average Bonchev–Trinajstić information content (AvgIpc) is 3.36. The number of nitrogens with two attached hydrogens (primary N) is 2. The van der Waals surface area contributed by atoms with E-state index in [1.54, 1.807) is 27.3 Å². The lowest BCUT2D eigenvalue weighted by atomic mass is 9.82. The summed E-state index contributed by atoms with van der Waals surface area (Å²) >= 11 is 0. The largest absolute Gasteiger partial charge is 0.382 e. The van der Waals surface area contributed by atoms with Crippen molar-refractivity contribution >= 4 is 33.0 Å². The Kier molecular flexibility index (Phi) is 5.38. The number of fused-ring (bicyclic) bond motifs is 1. The highest BCUT2D eigenvalue weighted by Gasteiger charge is 2.36. The van der Waals surface area contributed by atoms with Crippen LogP contribution < -0.4 is 11.5 Å². The molecule has 3 aromatic rings. The van der Waals surface area contributed by atoms with E-state index in [9.17, 15) is 8.42 Å². The molecule has 1 aromatic carbocycles. The van der Waals surface area contributed by atoms with Crippen molar-refractivity contribution in [2.75, 3.05) is 18.0 Å². The zero-order chi connectivity index (χ0) is 22.4. The number of rotatable bonds is 6. The van der Waals surface area contributed by atoms with E-state index in [4.69, 9.17) is 11.5 Å². The highest BCUT2D eigenvalue weighted by molar-refractivity contribution is 7.89. The van der Waals surface area contributed by atoms with Crippen LogP contribution in [0.2, 0.25) is 0 Å². The third-order valence-corrected chi connectivity index (χ3v) is 8.33. The van der Waals surface area contributed by atoms with Crippen molar-refractivity contribution in [3.8, 4) is 0 Å². The Balaban J connectivity index is 1.61. The molecule has 10 heteroatoms. The number of imidazole rings is 1. The molecule has 31 heavy (non-hydrogen) atoms. The van der Waals surface area contributed by atoms with Crippen molar-refractivity contribution < 1.29 is 8.42 Å². The van der Waals surface area contributed by atoms with Crippen LogP contribution in [-0.4, -0.2) is 44.8 Å². The van der Waals surface area contributed by atoms with Gasteiger partial charge in [0.2, 0.25) is 16.0 Å². The van der Waals surface area contributed by atoms with E-state index >= 15 is 0 Å². The summed E-state index contributed by atoms with van der Waals surface area (Å²) in [5.41, 5.74) is 13.7. The van der Waals surface area contributed by atoms with Gasteiger partial charge in [0.05, 0.1) is 11.2 Å². The molecule has 1 aliphatic heterocycles. The normalized spacial score (nSPS) is 18.1. The zero-order valence-electron chi connectivity index (χ0n) is 18.1. The van der Waals surface area contributed by atoms with Crippen molar-refractivity contribution in [2.45, 2.75) is 62.9 Å². The topological polar surface area (TPSA) is 133 Å². The van der Waals surface area contributed by atoms with Crippen molar-refractivity contribution in [2.24, 2.45) is 0 Å². The van der Waals surface area contributed by atoms with E-state index in [1.807, 2.05) is 12.1 Å². The average molecular weight is 444 g/mol. The molecule has 4 rings (SSSR count). The lowest BCUT2D eigenvalue weighted by molar-refractivity contribution is 0.354. The number of nitrogens with zero attached hydrogens (tertiary/aromatic N) is 5. The van der Waals surface area contributed by atoms with Crippen molar-refractivity contribution in [1.82, 2.24) is 23.8 Å². The Bertz CT molecular complexity index is 1200. The number of anilines is 2. The SMILES string of the molecule is CCC(C)(C)c1ccc(S(=O)(=O)N2CCC[C@H]2Cn2cnc3c(N)nc(N)nc32)cc1. The summed E-state index contributed by atoms with van der Waals surface area (Å²) in [6.07, 6.45) is 4.15. The van der Waals surface area contributed by atoms with E-state index < -0.39 is 10.0 Å². The number of benzene rings is 1. The van der Waals surface area contributed by atoms with Crippen LogP contribution >= 0.6 is 0 Å². The fraction of sp³-hybridized carbons (Fsp3) is 0.476. The number of hydrogen-bond donors (Lipinski definition) is 2. The zero-order valence-corrected chi connectivity index (χ0v) is 18.9. The Morgan fingerprint density at radius 2 is 1.87 bits per heavy atom. The third-order valence-electron chi connectivity index (χ3n) is 6.36. The van der Waals surface area contributed by atoms with E-state index in [1.165, 1.54) is 0 Å². The van der Waals surface area contributed by atoms with Crippen molar-refractivity contribution in [3.05, 3.63) is 36.2 Å². The molecule has 1 atom stereocenters. The van der Waals surface area contributed by atoms with Crippen LogP contribution in [0, 0.1) is 0 Å². The molecule has 0 radical (unpaired) electrons. The Morgan fingerprint density at radius 3 is 2.55 bits per heavy atom. The fourth-order valence-electron chi connectivity index (χ4n) is 4.07. The monoisotopic (exact) mass is 443 g/mol. The van der Waals surface area contributed by atoms with E-state index in [-0.39, 0.29) is 23.2 Å². The number of nitrogen functional groups attached to an aromatic ring is 2. The van der Waals surface area contributed by atoms with Gasteiger partial charge in [-0.3, -0.25) is 0 Å². The van der Waals surface area contributed by atoms with Gasteiger partial charge in [-0.2, -0.15) is 14.3 Å². The van der Waals surface area contributed by atoms with Gasteiger partial charge in [0, 0.05) is 19.1 Å². The first-order valence-corrected chi connectivity index (χ1v) is 11.9. The predicted octanol–water partition coefficient (Wildman–Crippen LogP) is 2.53. The highest BCUT2D eigenvalue weighted by atomic mass is 32.2. The molecular weight excluding hydrogens is 414 g/mol. The minimum atomic E-state index is -3.61. The summed E-state index contributed by atoms with van der Waals surface area (Å²) in [5, 5.41) is 0. The molecule has 3 heterocycles. The lowest BCUT2D eigenvalue weighted by Crippen LogP contribution is -2.38. The smallest absolute Gasteiger partial charge is 0.243 e. The summed E-state index contributed by atoms with van der Waals surface area (Å²) in [6.45, 7) is 7.36. The molecule has 1 fully saturated rings. The van der Waals surface area contributed by atoms with Crippen LogP contribution in [0.15, 0.2) is 35.5 Å². The van der Waals surface area contributed by atoms with Crippen molar-refractivity contribution in [3.63, 3.8) is 0 Å². The second-order valence-electron chi connectivity index (χ2n) is 8.71. The van der Waals surface area contributed by atoms with E-state index in [0.29, 0.717) is 29.1 Å². The van der Waals surface area contributed by atoms with Gasteiger partial charge in [0.1, 0.15) is 5.52 Å². The Hall–Kier alpha value is -2.72. The molecule has 2 aromatic heterocycles. The Morgan fingerprint density at radius 1 is 1.16 bits per heavy atom. The molecule has 4 N–H and O–H groups in total. The highest BCUT2D eigenvalue weighted by Crippen LogP contribution is 2.31. The number of aromatic nitrogens is 4. The first-order valence-electron chi connectivity index (χ1n) is 10.5. The summed E-state index contributed by atoms with van der Waals surface area (Å²) in [6, 6.07) is 7.09. The maximum absolute atomic E-state index is 13.4. The summed E-state index contributed by atoms with van der Waals surface area (Å²) in [5.74, 6) is 0.282. The molecule has 166 valence electrons. The lowest BCUT2D eigenvalue weighted by Gasteiger charge is -2.26. The van der Waals surface area contributed by atoms with Crippen LogP contribution in [0.5, 0.6) is 0 Å². The third kappa shape index (κ3) is 3.85. The van der Waals surface area contributed by atoms with Crippen LogP contribution in [0.25, 0.3) is 11.2 Å². The molecule has 0 amide bonds. The molecule has 0 aliphatic carbocycles. The molecule has 1 saturated heterocycles. The quantitative estimate of drug-likeness (QED) is 0.598. The van der Waals surface area contributed by atoms with Crippen LogP contribution in [0.3, 0.4) is 0 Å². The summed E-state index contributed by atoms with van der Waals surface area (Å²) < 4.78 is 30.2. The van der Waals surface area contributed by atoms with Gasteiger partial charge < -0.3 is 16.0 Å². The Labute approximate surface area is 182 Å². The first kappa shape index (κ1) is 21.5. The first-order chi connectivity index (χ1) is 14.6.